The van der Waals surface area contributed by atoms with E-state index < -0.39 is 9.84 Å². The molecule has 0 fully saturated rings. The molecule has 0 unspecified atom stereocenters. The second-order valence-corrected chi connectivity index (χ2v) is 8.75. The molecule has 136 valence electrons. The van der Waals surface area contributed by atoms with Gasteiger partial charge in [0.1, 0.15) is 0 Å². The third-order valence-electron chi connectivity index (χ3n) is 3.93. The van der Waals surface area contributed by atoms with Gasteiger partial charge in [0.15, 0.2) is 21.3 Å². The Hall–Kier alpha value is -2.38. The second-order valence-electron chi connectivity index (χ2n) is 5.79. The van der Waals surface area contributed by atoms with Crippen molar-refractivity contribution in [1.29, 1.82) is 0 Å². The number of sulfone groups is 1. The SMILES string of the molecule is COc1ccc(Cc2nc(-c3ccc(S(C)(=O)=O)cc3)cs2)cc1OC. The van der Waals surface area contributed by atoms with Crippen molar-refractivity contribution in [3.63, 3.8) is 0 Å². The monoisotopic (exact) mass is 389 g/mol. The van der Waals surface area contributed by atoms with Crippen LogP contribution in [0.15, 0.2) is 52.7 Å². The second kappa shape index (κ2) is 7.47. The van der Waals surface area contributed by atoms with Gasteiger partial charge in [-0.25, -0.2) is 13.4 Å². The minimum Gasteiger partial charge on any atom is -0.493 e. The van der Waals surface area contributed by atoms with E-state index in [-0.39, 0.29) is 0 Å². The summed E-state index contributed by atoms with van der Waals surface area (Å²) < 4.78 is 33.7. The van der Waals surface area contributed by atoms with Gasteiger partial charge >= 0.3 is 0 Å². The van der Waals surface area contributed by atoms with Gasteiger partial charge in [-0.15, -0.1) is 11.3 Å². The topological polar surface area (TPSA) is 65.5 Å². The van der Waals surface area contributed by atoms with E-state index >= 15 is 0 Å². The molecule has 1 heterocycles. The normalized spacial score (nSPS) is 11.3. The minimum absolute atomic E-state index is 0.307. The van der Waals surface area contributed by atoms with Gasteiger partial charge in [-0.1, -0.05) is 18.2 Å². The molecule has 2 aromatic carbocycles. The lowest BCUT2D eigenvalue weighted by atomic mass is 10.1. The largest absolute Gasteiger partial charge is 0.493 e. The van der Waals surface area contributed by atoms with Gasteiger partial charge in [-0.3, -0.25) is 0 Å². The summed E-state index contributed by atoms with van der Waals surface area (Å²) in [7, 11) is 0.0356. The molecule has 0 aliphatic carbocycles. The summed E-state index contributed by atoms with van der Waals surface area (Å²) in [6.07, 6.45) is 1.89. The summed E-state index contributed by atoms with van der Waals surface area (Å²) >= 11 is 1.57. The molecule has 3 aromatic rings. The van der Waals surface area contributed by atoms with Crippen molar-refractivity contribution >= 4 is 21.2 Å². The molecule has 0 radical (unpaired) electrons. The van der Waals surface area contributed by atoms with E-state index in [4.69, 9.17) is 9.47 Å². The first kappa shape index (κ1) is 18.4. The smallest absolute Gasteiger partial charge is 0.175 e. The first-order valence-electron chi connectivity index (χ1n) is 7.86. The maximum atomic E-state index is 11.6. The molecule has 5 nitrogen and oxygen atoms in total. The van der Waals surface area contributed by atoms with Gasteiger partial charge in [-0.05, 0) is 29.8 Å². The fourth-order valence-corrected chi connectivity index (χ4v) is 4.03. The van der Waals surface area contributed by atoms with Crippen molar-refractivity contribution in [2.45, 2.75) is 11.3 Å². The summed E-state index contributed by atoms with van der Waals surface area (Å²) in [6.45, 7) is 0. The predicted octanol–water partition coefficient (Wildman–Crippen LogP) is 3.82. The Labute approximate surface area is 157 Å². The Bertz CT molecular complexity index is 1010. The third kappa shape index (κ3) is 4.05. The Morgan fingerprint density at radius 1 is 1.00 bits per heavy atom. The lowest BCUT2D eigenvalue weighted by Crippen LogP contribution is -1.96. The number of ether oxygens (including phenoxy) is 2. The molecule has 0 saturated carbocycles. The number of methoxy groups -OCH3 is 2. The van der Waals surface area contributed by atoms with Crippen LogP contribution in [0.1, 0.15) is 10.6 Å². The molecule has 0 amide bonds. The molecule has 0 atom stereocenters. The number of rotatable bonds is 6. The third-order valence-corrected chi connectivity index (χ3v) is 5.91. The predicted molar refractivity (Wildman–Crippen MR) is 103 cm³/mol. The lowest BCUT2D eigenvalue weighted by Gasteiger charge is -2.08. The number of hydrogen-bond donors (Lipinski definition) is 0. The molecular formula is C19H19NO4S2. The quantitative estimate of drug-likeness (QED) is 0.641. The van der Waals surface area contributed by atoms with Crippen LogP contribution in [-0.2, 0) is 16.3 Å². The molecular weight excluding hydrogens is 370 g/mol. The van der Waals surface area contributed by atoms with E-state index in [0.29, 0.717) is 22.8 Å². The number of aromatic nitrogens is 1. The van der Waals surface area contributed by atoms with Crippen LogP contribution in [0.2, 0.25) is 0 Å². The average Bonchev–Trinajstić information content (AvgIpc) is 3.09. The zero-order chi connectivity index (χ0) is 18.7. The Balaban J connectivity index is 1.80. The first-order chi connectivity index (χ1) is 12.4. The van der Waals surface area contributed by atoms with Crippen LogP contribution in [0.25, 0.3) is 11.3 Å². The maximum absolute atomic E-state index is 11.6. The Kier molecular flexibility index (Phi) is 5.29. The van der Waals surface area contributed by atoms with Crippen LogP contribution < -0.4 is 9.47 Å². The standard InChI is InChI=1S/C19H19NO4S2/c1-23-17-9-4-13(10-18(17)24-2)11-19-20-16(12-25-19)14-5-7-15(8-6-14)26(3,21)22/h4-10,12H,11H2,1-3H3. The van der Waals surface area contributed by atoms with E-state index in [9.17, 15) is 8.42 Å². The molecule has 0 spiro atoms. The zero-order valence-electron chi connectivity index (χ0n) is 14.7. The fraction of sp³-hybridized carbons (Fsp3) is 0.211. The summed E-state index contributed by atoms with van der Waals surface area (Å²) in [5, 5.41) is 2.95. The maximum Gasteiger partial charge on any atom is 0.175 e. The number of hydrogen-bond acceptors (Lipinski definition) is 6. The summed E-state index contributed by atoms with van der Waals surface area (Å²) in [5.74, 6) is 1.39. The van der Waals surface area contributed by atoms with Crippen LogP contribution in [-0.4, -0.2) is 33.9 Å². The summed E-state index contributed by atoms with van der Waals surface area (Å²) in [6, 6.07) is 12.6. The van der Waals surface area contributed by atoms with Crippen LogP contribution >= 0.6 is 11.3 Å². The number of benzene rings is 2. The van der Waals surface area contributed by atoms with Crippen molar-refractivity contribution in [2.24, 2.45) is 0 Å². The first-order valence-corrected chi connectivity index (χ1v) is 10.6. The van der Waals surface area contributed by atoms with Crippen molar-refractivity contribution in [1.82, 2.24) is 4.98 Å². The molecule has 0 bridgehead atoms. The van der Waals surface area contributed by atoms with Crippen LogP contribution in [0, 0.1) is 0 Å². The van der Waals surface area contributed by atoms with Crippen LogP contribution in [0.4, 0.5) is 0 Å². The fourth-order valence-electron chi connectivity index (χ4n) is 2.56. The average molecular weight is 389 g/mol. The lowest BCUT2D eigenvalue weighted by molar-refractivity contribution is 0.354. The van der Waals surface area contributed by atoms with E-state index in [2.05, 4.69) is 4.98 Å². The van der Waals surface area contributed by atoms with E-state index in [1.54, 1.807) is 49.8 Å². The molecule has 0 aliphatic rings. The highest BCUT2D eigenvalue weighted by Gasteiger charge is 2.10. The zero-order valence-corrected chi connectivity index (χ0v) is 16.4. The molecule has 26 heavy (non-hydrogen) atoms. The van der Waals surface area contributed by atoms with E-state index in [0.717, 1.165) is 21.8 Å². The number of thiazole rings is 1. The van der Waals surface area contributed by atoms with Crippen LogP contribution in [0.5, 0.6) is 11.5 Å². The van der Waals surface area contributed by atoms with Crippen molar-refractivity contribution in [3.05, 3.63) is 58.4 Å². The highest BCUT2D eigenvalue weighted by atomic mass is 32.2. The van der Waals surface area contributed by atoms with Crippen molar-refractivity contribution in [2.75, 3.05) is 20.5 Å². The highest BCUT2D eigenvalue weighted by Crippen LogP contribution is 2.30. The van der Waals surface area contributed by atoms with Crippen LogP contribution in [0.3, 0.4) is 0 Å². The van der Waals surface area contributed by atoms with Gasteiger partial charge in [0, 0.05) is 23.6 Å². The van der Waals surface area contributed by atoms with Gasteiger partial charge < -0.3 is 9.47 Å². The molecule has 0 N–H and O–H groups in total. The van der Waals surface area contributed by atoms with E-state index in [1.165, 1.54) is 6.26 Å². The summed E-state index contributed by atoms with van der Waals surface area (Å²) in [4.78, 5) is 4.97. The summed E-state index contributed by atoms with van der Waals surface area (Å²) in [5.41, 5.74) is 2.81. The van der Waals surface area contributed by atoms with Gasteiger partial charge in [-0.2, -0.15) is 0 Å². The van der Waals surface area contributed by atoms with Gasteiger partial charge in [0.05, 0.1) is 29.8 Å². The minimum atomic E-state index is -3.19. The number of nitrogens with zero attached hydrogens (tertiary/aromatic N) is 1. The van der Waals surface area contributed by atoms with Gasteiger partial charge in [0.25, 0.3) is 0 Å². The molecule has 7 heteroatoms. The Morgan fingerprint density at radius 3 is 2.31 bits per heavy atom. The highest BCUT2D eigenvalue weighted by molar-refractivity contribution is 7.90. The Morgan fingerprint density at radius 2 is 1.69 bits per heavy atom. The molecule has 0 aliphatic heterocycles. The van der Waals surface area contributed by atoms with Gasteiger partial charge in [0.2, 0.25) is 0 Å². The van der Waals surface area contributed by atoms with Crippen molar-refractivity contribution < 1.29 is 17.9 Å². The molecule has 1 aromatic heterocycles. The molecule has 3 rings (SSSR count). The van der Waals surface area contributed by atoms with Crippen molar-refractivity contribution in [3.8, 4) is 22.8 Å². The van der Waals surface area contributed by atoms with E-state index in [1.807, 2.05) is 23.6 Å². The molecule has 0 saturated heterocycles.